The molecule has 0 amide bonds. The van der Waals surface area contributed by atoms with Crippen LogP contribution in [0.1, 0.15) is 0 Å². The first kappa shape index (κ1) is 8.37. The molecule has 0 heterocycles. The molecule has 0 unspecified atom stereocenters. The summed E-state index contributed by atoms with van der Waals surface area (Å²) < 4.78 is 1.62. The zero-order chi connectivity index (χ0) is 7.72. The average Bonchev–Trinajstić information content (AvgIpc) is 1.82. The summed E-state index contributed by atoms with van der Waals surface area (Å²) in [6.45, 7) is 0. The summed E-state index contributed by atoms with van der Waals surface area (Å²) >= 11 is 12.2. The van der Waals surface area contributed by atoms with Crippen LogP contribution in [-0.2, 0) is 0 Å². The van der Waals surface area contributed by atoms with Crippen LogP contribution in [0.3, 0.4) is 0 Å². The van der Waals surface area contributed by atoms with E-state index < -0.39 is 0 Å². The van der Waals surface area contributed by atoms with Gasteiger partial charge in [-0.2, -0.15) is 0 Å². The molecule has 1 rings (SSSR count). The topological polar surface area (TPSA) is 26.0 Å². The Morgan fingerprint density at radius 2 is 1.60 bits per heavy atom. The van der Waals surface area contributed by atoms with Crippen LogP contribution in [0.25, 0.3) is 0 Å². The van der Waals surface area contributed by atoms with E-state index in [9.17, 15) is 0 Å². The Morgan fingerprint density at radius 1 is 1.20 bits per heavy atom. The third-order valence-electron chi connectivity index (χ3n) is 1.04. The Balaban J connectivity index is 3.31. The third-order valence-corrected chi connectivity index (χ3v) is 2.57. The molecule has 1 nitrogen and oxygen atoms in total. The van der Waals surface area contributed by atoms with E-state index in [1.807, 2.05) is 0 Å². The molecule has 2 N–H and O–H groups in total. The van der Waals surface area contributed by atoms with Crippen LogP contribution in [0.15, 0.2) is 21.1 Å². The van der Waals surface area contributed by atoms with E-state index in [1.54, 1.807) is 12.1 Å². The molecule has 0 radical (unpaired) electrons. The highest BCUT2D eigenvalue weighted by atomic mass is 79.9. The number of nitrogen functional groups attached to an aromatic ring is 1. The fourth-order valence-corrected chi connectivity index (χ4v) is 2.22. The van der Waals surface area contributed by atoms with E-state index in [0.29, 0.717) is 10.7 Å². The fraction of sp³-hybridized carbons (Fsp3) is 0. The first-order valence-electron chi connectivity index (χ1n) is 2.51. The van der Waals surface area contributed by atoms with Crippen LogP contribution >= 0.6 is 43.5 Å². The second-order valence-corrected chi connectivity index (χ2v) is 3.93. The van der Waals surface area contributed by atoms with Gasteiger partial charge in [-0.05, 0) is 44.0 Å². The largest absolute Gasteiger partial charge is 0.397 e. The summed E-state index contributed by atoms with van der Waals surface area (Å²) in [4.78, 5) is 0. The van der Waals surface area contributed by atoms with Gasteiger partial charge in [0.05, 0.1) is 5.69 Å². The Labute approximate surface area is 80.8 Å². The molecule has 4 heteroatoms. The Bertz CT molecular complexity index is 239. The first-order valence-corrected chi connectivity index (χ1v) is 4.47. The van der Waals surface area contributed by atoms with Crippen molar-refractivity contribution in [2.24, 2.45) is 0 Å². The lowest BCUT2D eigenvalue weighted by molar-refractivity contribution is 1.59. The number of anilines is 1. The van der Waals surface area contributed by atoms with Crippen LogP contribution in [0, 0.1) is 0 Å². The van der Waals surface area contributed by atoms with Crippen LogP contribution < -0.4 is 5.73 Å². The van der Waals surface area contributed by atoms with Gasteiger partial charge in [0, 0.05) is 14.0 Å². The number of hydrogen-bond acceptors (Lipinski definition) is 1. The molecule has 0 bridgehead atoms. The monoisotopic (exact) mass is 283 g/mol. The van der Waals surface area contributed by atoms with Gasteiger partial charge in [0.1, 0.15) is 0 Å². The molecule has 0 saturated heterocycles. The molecule has 0 aromatic heterocycles. The van der Waals surface area contributed by atoms with Gasteiger partial charge in [0.25, 0.3) is 0 Å². The molecule has 0 aliphatic heterocycles. The zero-order valence-electron chi connectivity index (χ0n) is 4.87. The van der Waals surface area contributed by atoms with Gasteiger partial charge >= 0.3 is 0 Å². The van der Waals surface area contributed by atoms with Crippen molar-refractivity contribution in [1.82, 2.24) is 0 Å². The molecule has 0 atom stereocenters. The van der Waals surface area contributed by atoms with Crippen molar-refractivity contribution in [2.75, 3.05) is 5.73 Å². The van der Waals surface area contributed by atoms with Gasteiger partial charge in [-0.3, -0.25) is 0 Å². The molecule has 0 spiro atoms. The standard InChI is InChI=1S/C6H4Br2ClN/c7-4-1-3(9)2-5(8)6(4)10/h1-2H,10H2. The normalized spacial score (nSPS) is 9.90. The first-order chi connectivity index (χ1) is 4.61. The second kappa shape index (κ2) is 3.11. The van der Waals surface area contributed by atoms with E-state index in [-0.39, 0.29) is 0 Å². The van der Waals surface area contributed by atoms with Crippen LogP contribution in [0.2, 0.25) is 5.02 Å². The quantitative estimate of drug-likeness (QED) is 0.726. The Morgan fingerprint density at radius 3 is 2.00 bits per heavy atom. The molecule has 0 fully saturated rings. The maximum atomic E-state index is 5.71. The van der Waals surface area contributed by atoms with Gasteiger partial charge in [0.2, 0.25) is 0 Å². The van der Waals surface area contributed by atoms with E-state index in [1.165, 1.54) is 0 Å². The average molecular weight is 285 g/mol. The summed E-state index contributed by atoms with van der Waals surface area (Å²) in [7, 11) is 0. The molecule has 0 aliphatic rings. The van der Waals surface area contributed by atoms with E-state index in [4.69, 9.17) is 17.3 Å². The van der Waals surface area contributed by atoms with Gasteiger partial charge < -0.3 is 5.73 Å². The maximum Gasteiger partial charge on any atom is 0.0603 e. The van der Waals surface area contributed by atoms with Crippen molar-refractivity contribution >= 4 is 49.1 Å². The minimum absolute atomic E-state index is 0.660. The molecular weight excluding hydrogens is 281 g/mol. The van der Waals surface area contributed by atoms with Crippen molar-refractivity contribution in [2.45, 2.75) is 0 Å². The third kappa shape index (κ3) is 1.65. The van der Waals surface area contributed by atoms with Crippen LogP contribution in [-0.4, -0.2) is 0 Å². The number of hydrogen-bond donors (Lipinski definition) is 1. The molecular formula is C6H4Br2ClN. The van der Waals surface area contributed by atoms with Gasteiger partial charge in [0.15, 0.2) is 0 Å². The molecule has 1 aromatic carbocycles. The summed E-state index contributed by atoms with van der Waals surface area (Å²) in [5.41, 5.74) is 6.27. The summed E-state index contributed by atoms with van der Waals surface area (Å²) in [6, 6.07) is 3.50. The lowest BCUT2D eigenvalue weighted by atomic mass is 10.3. The lowest BCUT2D eigenvalue weighted by Crippen LogP contribution is -1.87. The van der Waals surface area contributed by atoms with Gasteiger partial charge in [-0.15, -0.1) is 0 Å². The number of halogens is 3. The van der Waals surface area contributed by atoms with Crippen LogP contribution in [0.4, 0.5) is 5.69 Å². The summed E-state index contributed by atoms with van der Waals surface area (Å²) in [5.74, 6) is 0. The van der Waals surface area contributed by atoms with E-state index >= 15 is 0 Å². The van der Waals surface area contributed by atoms with Crippen molar-refractivity contribution in [3.63, 3.8) is 0 Å². The van der Waals surface area contributed by atoms with Gasteiger partial charge in [-0.1, -0.05) is 11.6 Å². The Kier molecular flexibility index (Phi) is 2.61. The molecule has 54 valence electrons. The summed E-state index contributed by atoms with van der Waals surface area (Å²) in [6.07, 6.45) is 0. The predicted molar refractivity (Wildman–Crippen MR) is 51.3 cm³/mol. The van der Waals surface area contributed by atoms with Crippen molar-refractivity contribution in [3.8, 4) is 0 Å². The predicted octanol–water partition coefficient (Wildman–Crippen LogP) is 3.45. The fourth-order valence-electron chi connectivity index (χ4n) is 0.553. The minimum atomic E-state index is 0.660. The number of rotatable bonds is 0. The van der Waals surface area contributed by atoms with Crippen molar-refractivity contribution in [1.29, 1.82) is 0 Å². The highest BCUT2D eigenvalue weighted by Crippen LogP contribution is 2.31. The van der Waals surface area contributed by atoms with Gasteiger partial charge in [-0.25, -0.2) is 0 Å². The molecule has 1 aromatic rings. The van der Waals surface area contributed by atoms with Crippen LogP contribution in [0.5, 0.6) is 0 Å². The zero-order valence-corrected chi connectivity index (χ0v) is 8.79. The second-order valence-electron chi connectivity index (χ2n) is 1.78. The molecule has 0 saturated carbocycles. The smallest absolute Gasteiger partial charge is 0.0603 e. The number of nitrogens with two attached hydrogens (primary N) is 1. The Hall–Kier alpha value is 0.270. The molecule has 10 heavy (non-hydrogen) atoms. The summed E-state index contributed by atoms with van der Waals surface area (Å²) in [5, 5.41) is 0.660. The van der Waals surface area contributed by atoms with Crippen molar-refractivity contribution in [3.05, 3.63) is 26.1 Å². The van der Waals surface area contributed by atoms with Crippen molar-refractivity contribution < 1.29 is 0 Å². The number of benzene rings is 1. The van der Waals surface area contributed by atoms with E-state index in [2.05, 4.69) is 31.9 Å². The lowest BCUT2D eigenvalue weighted by Gasteiger charge is -2.00. The minimum Gasteiger partial charge on any atom is -0.397 e. The SMILES string of the molecule is Nc1c(Br)cc(Cl)cc1Br. The molecule has 0 aliphatic carbocycles. The highest BCUT2D eigenvalue weighted by molar-refractivity contribution is 9.11. The maximum absolute atomic E-state index is 5.71. The van der Waals surface area contributed by atoms with E-state index in [0.717, 1.165) is 8.95 Å². The highest BCUT2D eigenvalue weighted by Gasteiger charge is 2.01.